The fourth-order valence-electron chi connectivity index (χ4n) is 11.7. The van der Waals surface area contributed by atoms with Gasteiger partial charge in [-0.05, 0) is 140 Å². The molecule has 5 saturated carbocycles. The Morgan fingerprint density at radius 1 is 0.460 bits per heavy atom. The van der Waals surface area contributed by atoms with E-state index in [4.69, 9.17) is 0 Å². The molecular weight excluding hydrogens is 623 g/mol. The number of benzene rings is 5. The van der Waals surface area contributed by atoms with Crippen molar-refractivity contribution in [1.82, 2.24) is 0 Å². The maximum atomic E-state index is 2.52. The van der Waals surface area contributed by atoms with Crippen LogP contribution in [0.3, 0.4) is 0 Å². The van der Waals surface area contributed by atoms with Crippen molar-refractivity contribution in [2.45, 2.75) is 94.3 Å². The first kappa shape index (κ1) is 30.9. The number of rotatable bonds is 6. The average molecular weight is 672 g/mol. The number of nitrogens with zero attached hydrogens (tertiary/aromatic N) is 1. The zero-order chi connectivity index (χ0) is 33.1. The quantitative estimate of drug-likeness (QED) is 0.170. The minimum Gasteiger partial charge on any atom is -0.310 e. The molecular formula is C48H49NS. The second-order valence-corrected chi connectivity index (χ2v) is 17.7. The third-order valence-electron chi connectivity index (χ3n) is 13.6. The first-order valence-corrected chi connectivity index (χ1v) is 20.5. The Labute approximate surface area is 302 Å². The van der Waals surface area contributed by atoms with Crippen molar-refractivity contribution in [1.29, 1.82) is 0 Å². The molecule has 5 aliphatic rings. The zero-order valence-corrected chi connectivity index (χ0v) is 30.1. The van der Waals surface area contributed by atoms with Gasteiger partial charge in [0.05, 0.1) is 0 Å². The van der Waals surface area contributed by atoms with Crippen molar-refractivity contribution in [3.8, 4) is 0 Å². The van der Waals surface area contributed by atoms with Crippen molar-refractivity contribution in [3.05, 3.63) is 138 Å². The molecule has 1 nitrogen and oxygen atoms in total. The third-order valence-corrected chi connectivity index (χ3v) is 14.8. The van der Waals surface area contributed by atoms with Gasteiger partial charge in [-0.2, -0.15) is 0 Å². The van der Waals surface area contributed by atoms with E-state index in [1.54, 1.807) is 5.56 Å². The molecule has 4 bridgehead atoms. The highest BCUT2D eigenvalue weighted by Crippen LogP contribution is 2.61. The van der Waals surface area contributed by atoms with E-state index in [1.165, 1.54) is 132 Å². The van der Waals surface area contributed by atoms with E-state index in [0.717, 1.165) is 17.8 Å². The van der Waals surface area contributed by atoms with Gasteiger partial charge in [-0.25, -0.2) is 0 Å². The smallest absolute Gasteiger partial charge is 0.0468 e. The summed E-state index contributed by atoms with van der Waals surface area (Å²) in [6.45, 7) is 0. The molecule has 0 atom stereocenters. The van der Waals surface area contributed by atoms with E-state index in [0.29, 0.717) is 5.41 Å². The summed E-state index contributed by atoms with van der Waals surface area (Å²) in [5.41, 5.74) is 8.80. The van der Waals surface area contributed by atoms with Crippen LogP contribution in [0.25, 0.3) is 20.2 Å². The standard InChI is InChI=1S/C48H49NS/c1-2-9-25-48(26-10-3-1,38-11-5-4-6-12-38)39-17-21-41(22-18-39)49(42-23-24-46-44(30-42)43-13-7-8-14-45(43)50-46)40-19-15-37(16-20-40)47-31-34-27-35(32-47)29-36(28-34)33-47/h4-8,11-24,30,34-36H,1-3,9-10,25-29,31-33H2. The lowest BCUT2D eigenvalue weighted by molar-refractivity contribution is -0.00518. The Kier molecular flexibility index (Phi) is 7.67. The van der Waals surface area contributed by atoms with Gasteiger partial charge in [0, 0.05) is 42.6 Å². The van der Waals surface area contributed by atoms with Gasteiger partial charge in [-0.15, -0.1) is 11.3 Å². The summed E-state index contributed by atoms with van der Waals surface area (Å²) in [5.74, 6) is 2.88. The molecule has 2 heteroatoms. The molecule has 0 radical (unpaired) electrons. The maximum Gasteiger partial charge on any atom is 0.0468 e. The molecule has 0 N–H and O–H groups in total. The fraction of sp³-hybridized carbons (Fsp3) is 0.375. The van der Waals surface area contributed by atoms with Crippen LogP contribution in [0.15, 0.2) is 121 Å². The van der Waals surface area contributed by atoms with Crippen LogP contribution in [0, 0.1) is 17.8 Å². The molecule has 5 fully saturated rings. The van der Waals surface area contributed by atoms with Crippen LogP contribution in [-0.2, 0) is 10.8 Å². The molecule has 0 saturated heterocycles. The SMILES string of the molecule is c1ccc(C2(c3ccc(N(c4ccc(C56CC7CC(CC(C7)C5)C6)cc4)c4ccc5sc6ccccc6c5c4)cc3)CCCCCCC2)cc1. The first-order chi connectivity index (χ1) is 24.7. The Bertz CT molecular complexity index is 2080. The lowest BCUT2D eigenvalue weighted by Gasteiger charge is -2.57. The molecule has 0 spiro atoms. The first-order valence-electron chi connectivity index (χ1n) is 19.6. The van der Waals surface area contributed by atoms with Crippen molar-refractivity contribution in [2.24, 2.45) is 17.8 Å². The van der Waals surface area contributed by atoms with Crippen molar-refractivity contribution in [3.63, 3.8) is 0 Å². The molecule has 0 aliphatic heterocycles. The highest BCUT2D eigenvalue weighted by atomic mass is 32.1. The molecule has 50 heavy (non-hydrogen) atoms. The van der Waals surface area contributed by atoms with Crippen LogP contribution in [0.5, 0.6) is 0 Å². The number of anilines is 3. The molecule has 0 amide bonds. The monoisotopic (exact) mass is 671 g/mol. The van der Waals surface area contributed by atoms with Gasteiger partial charge < -0.3 is 4.90 Å². The summed E-state index contributed by atoms with van der Waals surface area (Å²) in [4.78, 5) is 2.52. The molecule has 5 aliphatic carbocycles. The van der Waals surface area contributed by atoms with Crippen molar-refractivity contribution >= 4 is 48.6 Å². The van der Waals surface area contributed by atoms with Gasteiger partial charge in [0.2, 0.25) is 0 Å². The maximum absolute atomic E-state index is 2.52. The predicted octanol–water partition coefficient (Wildman–Crippen LogP) is 14.0. The van der Waals surface area contributed by atoms with Gasteiger partial charge in [0.15, 0.2) is 0 Å². The highest BCUT2D eigenvalue weighted by molar-refractivity contribution is 7.25. The Hall–Kier alpha value is -3.88. The topological polar surface area (TPSA) is 3.24 Å². The summed E-state index contributed by atoms with van der Waals surface area (Å²) in [6.07, 6.45) is 17.8. The molecule has 252 valence electrons. The highest BCUT2D eigenvalue weighted by Gasteiger charge is 2.51. The molecule has 5 aromatic carbocycles. The summed E-state index contributed by atoms with van der Waals surface area (Å²) in [5, 5.41) is 2.71. The Balaban J connectivity index is 1.07. The van der Waals surface area contributed by atoms with Crippen molar-refractivity contribution < 1.29 is 0 Å². The summed E-state index contributed by atoms with van der Waals surface area (Å²) in [7, 11) is 0. The van der Waals surface area contributed by atoms with E-state index in [2.05, 4.69) is 126 Å². The van der Waals surface area contributed by atoms with Crippen molar-refractivity contribution in [2.75, 3.05) is 4.90 Å². The largest absolute Gasteiger partial charge is 0.310 e. The Morgan fingerprint density at radius 3 is 1.64 bits per heavy atom. The van der Waals surface area contributed by atoms with E-state index >= 15 is 0 Å². The van der Waals surface area contributed by atoms with Gasteiger partial charge in [0.25, 0.3) is 0 Å². The average Bonchev–Trinajstić information content (AvgIpc) is 3.51. The molecule has 6 aromatic rings. The second-order valence-electron chi connectivity index (χ2n) is 16.6. The minimum atomic E-state index is 0.0824. The number of fused-ring (bicyclic) bond motifs is 3. The summed E-state index contributed by atoms with van der Waals surface area (Å²) >= 11 is 1.90. The number of thiophene rings is 1. The van der Waals surface area contributed by atoms with Crippen LogP contribution in [0.4, 0.5) is 17.1 Å². The molecule has 0 unspecified atom stereocenters. The third kappa shape index (κ3) is 5.24. The van der Waals surface area contributed by atoms with Crippen LogP contribution in [-0.4, -0.2) is 0 Å². The Morgan fingerprint density at radius 2 is 0.980 bits per heavy atom. The summed E-state index contributed by atoms with van der Waals surface area (Å²) < 4.78 is 2.72. The predicted molar refractivity (Wildman–Crippen MR) is 213 cm³/mol. The van der Waals surface area contributed by atoms with E-state index in [-0.39, 0.29) is 5.41 Å². The van der Waals surface area contributed by atoms with Gasteiger partial charge in [-0.3, -0.25) is 0 Å². The van der Waals surface area contributed by atoms with Crippen LogP contribution in [0.2, 0.25) is 0 Å². The lowest BCUT2D eigenvalue weighted by atomic mass is 9.48. The second kappa shape index (κ2) is 12.4. The summed E-state index contributed by atoms with van der Waals surface area (Å²) in [6, 6.07) is 47.1. The van der Waals surface area contributed by atoms with E-state index in [9.17, 15) is 0 Å². The molecule has 1 heterocycles. The van der Waals surface area contributed by atoms with Gasteiger partial charge >= 0.3 is 0 Å². The number of hydrogen-bond acceptors (Lipinski definition) is 2. The van der Waals surface area contributed by atoms with Crippen LogP contribution < -0.4 is 4.90 Å². The van der Waals surface area contributed by atoms with E-state index < -0.39 is 0 Å². The fourth-order valence-corrected chi connectivity index (χ4v) is 12.8. The van der Waals surface area contributed by atoms with Crippen LogP contribution >= 0.6 is 11.3 Å². The molecule has 1 aromatic heterocycles. The van der Waals surface area contributed by atoms with Gasteiger partial charge in [-0.1, -0.05) is 105 Å². The number of hydrogen-bond donors (Lipinski definition) is 0. The van der Waals surface area contributed by atoms with E-state index in [1.807, 2.05) is 11.3 Å². The van der Waals surface area contributed by atoms with Crippen LogP contribution in [0.1, 0.15) is 100 Å². The van der Waals surface area contributed by atoms with Gasteiger partial charge in [0.1, 0.15) is 0 Å². The lowest BCUT2D eigenvalue weighted by Crippen LogP contribution is -2.48. The minimum absolute atomic E-state index is 0.0824. The molecule has 11 rings (SSSR count). The normalized spacial score (nSPS) is 25.8. The zero-order valence-electron chi connectivity index (χ0n) is 29.3.